The van der Waals surface area contributed by atoms with Crippen LogP contribution < -0.4 is 5.32 Å². The van der Waals surface area contributed by atoms with Crippen LogP contribution in [0.4, 0.5) is 15.8 Å². The number of anilines is 1. The highest BCUT2D eigenvalue weighted by molar-refractivity contribution is 7.92. The lowest BCUT2D eigenvalue weighted by Crippen LogP contribution is -2.40. The molecule has 0 bridgehead atoms. The topological polar surface area (TPSA) is 110 Å². The molecule has 2 aromatic rings. The lowest BCUT2D eigenvalue weighted by Gasteiger charge is -2.29. The largest absolute Gasteiger partial charge is 0.326 e. The second kappa shape index (κ2) is 9.14. The summed E-state index contributed by atoms with van der Waals surface area (Å²) in [7, 11) is -3.61. The van der Waals surface area contributed by atoms with Gasteiger partial charge in [-0.05, 0) is 36.6 Å². The molecule has 0 spiro atoms. The Morgan fingerprint density at radius 3 is 2.47 bits per heavy atom. The van der Waals surface area contributed by atoms with Crippen LogP contribution in [0.25, 0.3) is 6.08 Å². The zero-order chi connectivity index (χ0) is 21.7. The van der Waals surface area contributed by atoms with Gasteiger partial charge in [-0.1, -0.05) is 30.3 Å². The number of amides is 1. The van der Waals surface area contributed by atoms with Gasteiger partial charge in [-0.2, -0.15) is 8.70 Å². The Morgan fingerprint density at radius 2 is 1.83 bits per heavy atom. The lowest BCUT2D eigenvalue weighted by atomic mass is 9.97. The minimum absolute atomic E-state index is 0.119. The lowest BCUT2D eigenvalue weighted by molar-refractivity contribution is -0.387. The van der Waals surface area contributed by atoms with E-state index in [1.165, 1.54) is 16.4 Å². The molecule has 10 heteroatoms. The van der Waals surface area contributed by atoms with Gasteiger partial charge in [0.15, 0.2) is 0 Å². The fourth-order valence-electron chi connectivity index (χ4n) is 3.16. The van der Waals surface area contributed by atoms with Gasteiger partial charge in [0.25, 0.3) is 0 Å². The number of piperidine rings is 1. The number of nitrogens with zero attached hydrogens (tertiary/aromatic N) is 2. The molecule has 1 aliphatic heterocycles. The molecule has 1 saturated heterocycles. The van der Waals surface area contributed by atoms with Gasteiger partial charge in [-0.3, -0.25) is 14.9 Å². The van der Waals surface area contributed by atoms with Gasteiger partial charge < -0.3 is 5.32 Å². The number of carbonyl (C=O) groups excluding carboxylic acids is 1. The summed E-state index contributed by atoms with van der Waals surface area (Å²) in [6, 6.07) is 12.2. The maximum Gasteiger partial charge on any atom is 0.306 e. The van der Waals surface area contributed by atoms with Crippen molar-refractivity contribution in [3.8, 4) is 0 Å². The van der Waals surface area contributed by atoms with E-state index in [0.717, 1.165) is 23.1 Å². The Morgan fingerprint density at radius 1 is 1.17 bits per heavy atom. The summed E-state index contributed by atoms with van der Waals surface area (Å²) in [5.41, 5.74) is 0.164. The first-order valence-corrected chi connectivity index (χ1v) is 10.7. The van der Waals surface area contributed by atoms with Crippen molar-refractivity contribution in [1.29, 1.82) is 0 Å². The van der Waals surface area contributed by atoms with Gasteiger partial charge in [0.05, 0.1) is 4.92 Å². The molecule has 1 fully saturated rings. The fourth-order valence-corrected chi connectivity index (χ4v) is 4.38. The predicted octanol–water partition coefficient (Wildman–Crippen LogP) is 3.39. The molecule has 2 aromatic carbocycles. The van der Waals surface area contributed by atoms with Gasteiger partial charge in [-0.25, -0.2) is 8.42 Å². The molecule has 0 atom stereocenters. The highest BCUT2D eigenvalue weighted by Crippen LogP contribution is 2.25. The Bertz CT molecular complexity index is 1070. The zero-order valence-electron chi connectivity index (χ0n) is 15.9. The number of nitro benzene ring substituents is 1. The summed E-state index contributed by atoms with van der Waals surface area (Å²) in [5, 5.41) is 14.5. The molecule has 1 N–H and O–H groups in total. The quantitative estimate of drug-likeness (QED) is 0.555. The highest BCUT2D eigenvalue weighted by atomic mass is 32.2. The highest BCUT2D eigenvalue weighted by Gasteiger charge is 2.30. The molecule has 158 valence electrons. The molecule has 0 unspecified atom stereocenters. The zero-order valence-corrected chi connectivity index (χ0v) is 16.7. The van der Waals surface area contributed by atoms with Crippen molar-refractivity contribution in [3.05, 3.63) is 75.4 Å². The van der Waals surface area contributed by atoms with Crippen molar-refractivity contribution >= 4 is 33.4 Å². The van der Waals surface area contributed by atoms with Crippen LogP contribution >= 0.6 is 0 Å². The number of nitrogens with one attached hydrogen (secondary N) is 1. The minimum atomic E-state index is -3.61. The van der Waals surface area contributed by atoms with E-state index in [1.54, 1.807) is 12.1 Å². The standard InChI is InChI=1S/C20H20FN3O5S/c21-18-7-6-17(14-19(18)24(26)27)22-20(25)16-8-11-23(12-9-16)30(28,29)13-10-15-4-2-1-3-5-15/h1-7,10,13-14,16H,8-9,11-12H2,(H,22,25)/b13-10+. The second-order valence-electron chi connectivity index (χ2n) is 6.84. The molecule has 30 heavy (non-hydrogen) atoms. The third kappa shape index (κ3) is 5.28. The van der Waals surface area contributed by atoms with Crippen molar-refractivity contribution in [2.24, 2.45) is 5.92 Å². The summed E-state index contributed by atoms with van der Waals surface area (Å²) >= 11 is 0. The maximum atomic E-state index is 13.4. The van der Waals surface area contributed by atoms with E-state index < -0.39 is 32.4 Å². The molecule has 3 rings (SSSR count). The predicted molar refractivity (Wildman–Crippen MR) is 110 cm³/mol. The van der Waals surface area contributed by atoms with Gasteiger partial charge in [0.2, 0.25) is 21.7 Å². The summed E-state index contributed by atoms with van der Waals surface area (Å²) < 4.78 is 39.7. The van der Waals surface area contributed by atoms with Crippen molar-refractivity contribution in [2.75, 3.05) is 18.4 Å². The Hall–Kier alpha value is -3.11. The smallest absolute Gasteiger partial charge is 0.306 e. The second-order valence-corrected chi connectivity index (χ2v) is 8.66. The van der Waals surface area contributed by atoms with Crippen molar-refractivity contribution in [1.82, 2.24) is 4.31 Å². The van der Waals surface area contributed by atoms with E-state index >= 15 is 0 Å². The SMILES string of the molecule is O=C(Nc1ccc(F)c([N+](=O)[O-])c1)C1CCN(S(=O)(=O)/C=C/c2ccccc2)CC1. The summed E-state index contributed by atoms with van der Waals surface area (Å²) in [5.74, 6) is -1.81. The third-order valence-corrected chi connectivity index (χ3v) is 6.39. The first kappa shape index (κ1) is 21.6. The number of sulfonamides is 1. The molecule has 0 saturated carbocycles. The van der Waals surface area contributed by atoms with E-state index in [-0.39, 0.29) is 24.7 Å². The van der Waals surface area contributed by atoms with E-state index in [9.17, 15) is 27.7 Å². The Kier molecular flexibility index (Phi) is 6.58. The molecule has 1 amide bonds. The average Bonchev–Trinajstić information content (AvgIpc) is 2.74. The molecule has 0 radical (unpaired) electrons. The van der Waals surface area contributed by atoms with Crippen molar-refractivity contribution in [3.63, 3.8) is 0 Å². The normalized spacial score (nSPS) is 15.9. The molecule has 0 aromatic heterocycles. The fraction of sp³-hybridized carbons (Fsp3) is 0.250. The molecular formula is C20H20FN3O5S. The van der Waals surface area contributed by atoms with Gasteiger partial charge in [0, 0.05) is 36.2 Å². The van der Waals surface area contributed by atoms with Crippen LogP contribution in [-0.2, 0) is 14.8 Å². The van der Waals surface area contributed by atoms with Crippen LogP contribution in [0.5, 0.6) is 0 Å². The number of nitro groups is 1. The van der Waals surface area contributed by atoms with Gasteiger partial charge in [-0.15, -0.1) is 0 Å². The number of rotatable bonds is 6. The number of carbonyl (C=O) groups is 1. The van der Waals surface area contributed by atoms with Crippen LogP contribution in [0.3, 0.4) is 0 Å². The number of halogens is 1. The van der Waals surface area contributed by atoms with Crippen LogP contribution in [0.2, 0.25) is 0 Å². The summed E-state index contributed by atoms with van der Waals surface area (Å²) in [6.45, 7) is 0.367. The van der Waals surface area contributed by atoms with Crippen molar-refractivity contribution < 1.29 is 22.5 Å². The molecule has 0 aliphatic carbocycles. The first-order chi connectivity index (χ1) is 14.3. The first-order valence-electron chi connectivity index (χ1n) is 9.24. The van der Waals surface area contributed by atoms with E-state index in [0.29, 0.717) is 12.8 Å². The van der Waals surface area contributed by atoms with Crippen LogP contribution in [0.15, 0.2) is 53.9 Å². The Balaban J connectivity index is 1.58. The van der Waals surface area contributed by atoms with E-state index in [4.69, 9.17) is 0 Å². The number of benzene rings is 2. The Labute approximate surface area is 173 Å². The minimum Gasteiger partial charge on any atom is -0.326 e. The molecule has 8 nitrogen and oxygen atoms in total. The number of hydrogen-bond acceptors (Lipinski definition) is 5. The van der Waals surface area contributed by atoms with E-state index in [1.807, 2.05) is 18.2 Å². The van der Waals surface area contributed by atoms with Crippen LogP contribution in [0.1, 0.15) is 18.4 Å². The molecular weight excluding hydrogens is 413 g/mol. The van der Waals surface area contributed by atoms with E-state index in [2.05, 4.69) is 5.32 Å². The van der Waals surface area contributed by atoms with Gasteiger partial charge >= 0.3 is 5.69 Å². The maximum absolute atomic E-state index is 13.4. The van der Waals surface area contributed by atoms with Crippen LogP contribution in [0, 0.1) is 21.8 Å². The number of hydrogen-bond donors (Lipinski definition) is 1. The molecule has 1 aliphatic rings. The summed E-state index contributed by atoms with van der Waals surface area (Å²) in [4.78, 5) is 22.4. The summed E-state index contributed by atoms with van der Waals surface area (Å²) in [6.07, 6.45) is 2.15. The van der Waals surface area contributed by atoms with Crippen LogP contribution in [-0.4, -0.2) is 36.6 Å². The van der Waals surface area contributed by atoms with Gasteiger partial charge in [0.1, 0.15) is 0 Å². The molecule has 1 heterocycles. The average molecular weight is 433 g/mol. The monoisotopic (exact) mass is 433 g/mol. The third-order valence-electron chi connectivity index (χ3n) is 4.83. The van der Waals surface area contributed by atoms with Crippen molar-refractivity contribution in [2.45, 2.75) is 12.8 Å².